The SMILES string of the molecule is CS(=O)(=O)N1CCCc2cc(C(=O)COc3ccc([N+](=O)[O-])cc3Cl)ccc21. The molecule has 1 heterocycles. The van der Waals surface area contributed by atoms with Crippen molar-refractivity contribution in [1.82, 2.24) is 0 Å². The van der Waals surface area contributed by atoms with Gasteiger partial charge in [-0.05, 0) is 42.7 Å². The second-order valence-corrected chi connectivity index (χ2v) is 8.68. The Bertz CT molecular complexity index is 1050. The lowest BCUT2D eigenvalue weighted by Crippen LogP contribution is -2.34. The molecule has 0 unspecified atom stereocenters. The molecule has 28 heavy (non-hydrogen) atoms. The molecule has 2 aromatic rings. The van der Waals surface area contributed by atoms with Gasteiger partial charge in [0.25, 0.3) is 5.69 Å². The minimum absolute atomic E-state index is 0.0382. The summed E-state index contributed by atoms with van der Waals surface area (Å²) in [7, 11) is -3.37. The summed E-state index contributed by atoms with van der Waals surface area (Å²) in [6, 6.07) is 8.60. The van der Waals surface area contributed by atoms with Gasteiger partial charge in [-0.1, -0.05) is 11.6 Å². The molecular formula is C18H17ClN2O6S. The fourth-order valence-electron chi connectivity index (χ4n) is 3.03. The predicted octanol–water partition coefficient (Wildman–Crippen LogP) is 3.22. The van der Waals surface area contributed by atoms with E-state index in [-0.39, 0.29) is 28.8 Å². The van der Waals surface area contributed by atoms with Crippen LogP contribution in [0.25, 0.3) is 0 Å². The summed E-state index contributed by atoms with van der Waals surface area (Å²) in [6.07, 6.45) is 2.51. The van der Waals surface area contributed by atoms with Gasteiger partial charge in [-0.25, -0.2) is 8.42 Å². The van der Waals surface area contributed by atoms with Crippen LogP contribution in [0.5, 0.6) is 5.75 Å². The van der Waals surface area contributed by atoms with Gasteiger partial charge in [0.05, 0.1) is 21.9 Å². The first kappa shape index (κ1) is 20.1. The molecule has 0 N–H and O–H groups in total. The zero-order chi connectivity index (χ0) is 20.5. The van der Waals surface area contributed by atoms with Crippen LogP contribution in [0.3, 0.4) is 0 Å². The van der Waals surface area contributed by atoms with Crippen LogP contribution in [-0.4, -0.2) is 38.5 Å². The molecule has 1 aliphatic heterocycles. The number of rotatable bonds is 6. The monoisotopic (exact) mass is 424 g/mol. The summed E-state index contributed by atoms with van der Waals surface area (Å²) in [6.45, 7) is 0.118. The molecule has 148 valence electrons. The quantitative estimate of drug-likeness (QED) is 0.400. The molecular weight excluding hydrogens is 408 g/mol. The van der Waals surface area contributed by atoms with Crippen molar-refractivity contribution >= 4 is 38.8 Å². The maximum atomic E-state index is 12.5. The molecule has 0 saturated carbocycles. The number of anilines is 1. The number of carbonyl (C=O) groups excluding carboxylic acids is 1. The van der Waals surface area contributed by atoms with Crippen LogP contribution in [0, 0.1) is 10.1 Å². The highest BCUT2D eigenvalue weighted by Gasteiger charge is 2.24. The third kappa shape index (κ3) is 4.26. The normalized spacial score (nSPS) is 13.7. The standard InChI is InChI=1S/C18H17ClN2O6S/c1-28(25,26)20-8-2-3-12-9-13(4-6-16(12)20)17(22)11-27-18-7-5-14(21(23)24)10-15(18)19/h4-7,9-10H,2-3,8,11H2,1H3. The molecule has 1 aliphatic rings. The number of nitro benzene ring substituents is 1. The van der Waals surface area contributed by atoms with E-state index in [1.807, 2.05) is 0 Å². The number of hydrogen-bond donors (Lipinski definition) is 0. The molecule has 10 heteroatoms. The minimum atomic E-state index is -3.37. The minimum Gasteiger partial charge on any atom is -0.484 e. The summed E-state index contributed by atoms with van der Waals surface area (Å²) in [5, 5.41) is 10.8. The number of carbonyl (C=O) groups is 1. The summed E-state index contributed by atoms with van der Waals surface area (Å²) < 4.78 is 30.6. The Kier molecular flexibility index (Phi) is 5.57. The first-order chi connectivity index (χ1) is 13.2. The largest absolute Gasteiger partial charge is 0.484 e. The van der Waals surface area contributed by atoms with Crippen LogP contribution >= 0.6 is 11.6 Å². The molecule has 0 saturated heterocycles. The van der Waals surface area contributed by atoms with E-state index in [2.05, 4.69) is 0 Å². The zero-order valence-corrected chi connectivity index (χ0v) is 16.5. The van der Waals surface area contributed by atoms with Gasteiger partial charge in [0.2, 0.25) is 10.0 Å². The summed E-state index contributed by atoms with van der Waals surface area (Å²) in [4.78, 5) is 22.6. The summed E-state index contributed by atoms with van der Waals surface area (Å²) >= 11 is 5.95. The van der Waals surface area contributed by atoms with Crippen molar-refractivity contribution in [1.29, 1.82) is 0 Å². The number of ketones is 1. The first-order valence-electron chi connectivity index (χ1n) is 8.37. The number of sulfonamides is 1. The molecule has 2 aromatic carbocycles. The lowest BCUT2D eigenvalue weighted by atomic mass is 9.99. The molecule has 0 bridgehead atoms. The molecule has 0 atom stereocenters. The maximum absolute atomic E-state index is 12.5. The van der Waals surface area contributed by atoms with Crippen molar-refractivity contribution in [3.63, 3.8) is 0 Å². The number of ether oxygens (including phenoxy) is 1. The lowest BCUT2D eigenvalue weighted by molar-refractivity contribution is -0.384. The van der Waals surface area contributed by atoms with Crippen LogP contribution in [-0.2, 0) is 16.4 Å². The van der Waals surface area contributed by atoms with Gasteiger partial charge in [-0.15, -0.1) is 0 Å². The number of fused-ring (bicyclic) bond motifs is 1. The van der Waals surface area contributed by atoms with Crippen LogP contribution in [0.15, 0.2) is 36.4 Å². The second-order valence-electron chi connectivity index (χ2n) is 6.37. The van der Waals surface area contributed by atoms with E-state index in [0.717, 1.165) is 17.9 Å². The Morgan fingerprint density at radius 1 is 1.29 bits per heavy atom. The lowest BCUT2D eigenvalue weighted by Gasteiger charge is -2.29. The van der Waals surface area contributed by atoms with Crippen LogP contribution in [0.1, 0.15) is 22.3 Å². The highest BCUT2D eigenvalue weighted by Crippen LogP contribution is 2.31. The Labute approximate surface area is 166 Å². The number of benzene rings is 2. The number of non-ortho nitro benzene ring substituents is 1. The van der Waals surface area contributed by atoms with Gasteiger partial charge in [0.1, 0.15) is 5.75 Å². The van der Waals surface area contributed by atoms with Crippen LogP contribution in [0.4, 0.5) is 11.4 Å². The van der Waals surface area contributed by atoms with E-state index in [1.165, 1.54) is 16.4 Å². The molecule has 0 radical (unpaired) electrons. The highest BCUT2D eigenvalue weighted by molar-refractivity contribution is 7.92. The Hall–Kier alpha value is -2.65. The van der Waals surface area contributed by atoms with Gasteiger partial charge in [0, 0.05) is 24.2 Å². The van der Waals surface area contributed by atoms with Crippen LogP contribution < -0.4 is 9.04 Å². The van der Waals surface area contributed by atoms with Crippen molar-refractivity contribution in [2.24, 2.45) is 0 Å². The topological polar surface area (TPSA) is 107 Å². The zero-order valence-electron chi connectivity index (χ0n) is 14.9. The highest BCUT2D eigenvalue weighted by atomic mass is 35.5. The fraction of sp³-hybridized carbons (Fsp3) is 0.278. The predicted molar refractivity (Wildman–Crippen MR) is 105 cm³/mol. The van der Waals surface area contributed by atoms with Crippen LogP contribution in [0.2, 0.25) is 5.02 Å². The molecule has 0 aromatic heterocycles. The van der Waals surface area contributed by atoms with E-state index in [0.29, 0.717) is 30.6 Å². The van der Waals surface area contributed by atoms with Gasteiger partial charge < -0.3 is 4.74 Å². The van der Waals surface area contributed by atoms with Crippen molar-refractivity contribution in [2.75, 3.05) is 23.7 Å². The molecule has 8 nitrogen and oxygen atoms in total. The number of aryl methyl sites for hydroxylation is 1. The number of Topliss-reactive ketones (excluding diaryl/α,β-unsaturated/α-hetero) is 1. The summed E-state index contributed by atoms with van der Waals surface area (Å²) in [5.41, 5.74) is 1.60. The maximum Gasteiger partial charge on any atom is 0.271 e. The van der Waals surface area contributed by atoms with Gasteiger partial charge >= 0.3 is 0 Å². The van der Waals surface area contributed by atoms with Gasteiger partial charge in [-0.3, -0.25) is 19.2 Å². The number of halogens is 1. The summed E-state index contributed by atoms with van der Waals surface area (Å²) in [5.74, 6) is -0.143. The van der Waals surface area contributed by atoms with Crippen molar-refractivity contribution < 1.29 is 22.9 Å². The average Bonchev–Trinajstić information content (AvgIpc) is 2.64. The first-order valence-corrected chi connectivity index (χ1v) is 10.6. The van der Waals surface area contributed by atoms with E-state index >= 15 is 0 Å². The molecule has 0 spiro atoms. The third-order valence-electron chi connectivity index (χ3n) is 4.36. The second kappa shape index (κ2) is 7.76. The third-order valence-corrected chi connectivity index (χ3v) is 5.84. The Morgan fingerprint density at radius 2 is 2.04 bits per heavy atom. The molecule has 3 rings (SSSR count). The molecule has 0 amide bonds. The molecule has 0 fully saturated rings. The Morgan fingerprint density at radius 3 is 2.68 bits per heavy atom. The number of nitro groups is 1. The Balaban J connectivity index is 1.75. The van der Waals surface area contributed by atoms with Gasteiger partial charge in [0.15, 0.2) is 12.4 Å². The smallest absolute Gasteiger partial charge is 0.271 e. The molecule has 0 aliphatic carbocycles. The van der Waals surface area contributed by atoms with Crippen molar-refractivity contribution in [3.8, 4) is 5.75 Å². The fourth-order valence-corrected chi connectivity index (χ4v) is 4.25. The van der Waals surface area contributed by atoms with E-state index in [1.54, 1.807) is 18.2 Å². The van der Waals surface area contributed by atoms with Crippen molar-refractivity contribution in [3.05, 3.63) is 62.7 Å². The number of hydrogen-bond acceptors (Lipinski definition) is 6. The van der Waals surface area contributed by atoms with E-state index in [4.69, 9.17) is 16.3 Å². The average molecular weight is 425 g/mol. The number of nitrogens with zero attached hydrogens (tertiary/aromatic N) is 2. The van der Waals surface area contributed by atoms with Gasteiger partial charge in [-0.2, -0.15) is 0 Å². The van der Waals surface area contributed by atoms with E-state index in [9.17, 15) is 23.3 Å². The van der Waals surface area contributed by atoms with E-state index < -0.39 is 14.9 Å². The van der Waals surface area contributed by atoms with Crippen molar-refractivity contribution in [2.45, 2.75) is 12.8 Å².